The number of rotatable bonds is 5. The van der Waals surface area contributed by atoms with Gasteiger partial charge in [0.2, 0.25) is 0 Å². The lowest BCUT2D eigenvalue weighted by Crippen LogP contribution is -2.49. The topological polar surface area (TPSA) is 71.0 Å². The lowest BCUT2D eigenvalue weighted by atomic mass is 10.2. The molecule has 0 radical (unpaired) electrons. The molecule has 18 heavy (non-hydrogen) atoms. The van der Waals surface area contributed by atoms with Crippen LogP contribution in [0.15, 0.2) is 0 Å². The van der Waals surface area contributed by atoms with Gasteiger partial charge in [0, 0.05) is 19.1 Å². The maximum absolute atomic E-state index is 12.3. The molecule has 6 nitrogen and oxygen atoms in total. The van der Waals surface area contributed by atoms with Crippen LogP contribution in [0.3, 0.4) is 0 Å². The van der Waals surface area contributed by atoms with Gasteiger partial charge in [-0.05, 0) is 19.4 Å². The highest BCUT2D eigenvalue weighted by Gasteiger charge is 2.29. The maximum Gasteiger partial charge on any atom is 0.254 e. The van der Waals surface area contributed by atoms with Crippen LogP contribution < -0.4 is 5.32 Å². The third kappa shape index (κ3) is 3.65. The Morgan fingerprint density at radius 3 is 2.94 bits per heavy atom. The number of hydrogen-bond donors (Lipinski definition) is 2. The van der Waals surface area contributed by atoms with Gasteiger partial charge in [-0.25, -0.2) is 0 Å². The molecule has 0 aromatic carbocycles. The minimum absolute atomic E-state index is 0.0218. The lowest BCUT2D eigenvalue weighted by Gasteiger charge is -2.30. The van der Waals surface area contributed by atoms with Gasteiger partial charge in [-0.3, -0.25) is 4.79 Å². The minimum Gasteiger partial charge on any atom is -0.395 e. The van der Waals surface area contributed by atoms with Crippen molar-refractivity contribution >= 4 is 5.91 Å². The maximum atomic E-state index is 12.3. The second-order valence-electron chi connectivity index (χ2n) is 4.74. The number of nitrogens with zero attached hydrogens (tertiary/aromatic N) is 1. The molecule has 2 aliphatic heterocycles. The van der Waals surface area contributed by atoms with Gasteiger partial charge < -0.3 is 24.8 Å². The van der Waals surface area contributed by atoms with E-state index in [0.29, 0.717) is 39.0 Å². The Bertz CT molecular complexity index is 263. The third-order valence-electron chi connectivity index (χ3n) is 3.38. The van der Waals surface area contributed by atoms with Crippen molar-refractivity contribution in [2.45, 2.75) is 25.0 Å². The predicted molar refractivity (Wildman–Crippen MR) is 65.2 cm³/mol. The van der Waals surface area contributed by atoms with E-state index < -0.39 is 6.10 Å². The molecule has 0 spiro atoms. The molecule has 2 unspecified atom stereocenters. The quantitative estimate of drug-likeness (QED) is 0.660. The van der Waals surface area contributed by atoms with Crippen molar-refractivity contribution in [2.75, 3.05) is 46.1 Å². The van der Waals surface area contributed by atoms with Crippen LogP contribution in [-0.4, -0.2) is 74.1 Å². The number of hydrogen-bond acceptors (Lipinski definition) is 5. The number of carbonyl (C=O) groups excluding carboxylic acids is 1. The van der Waals surface area contributed by atoms with Crippen molar-refractivity contribution in [1.29, 1.82) is 0 Å². The molecule has 0 aromatic heterocycles. The lowest BCUT2D eigenvalue weighted by molar-refractivity contribution is -0.158. The largest absolute Gasteiger partial charge is 0.395 e. The number of aliphatic hydroxyl groups is 1. The normalized spacial score (nSPS) is 28.3. The summed E-state index contributed by atoms with van der Waals surface area (Å²) in [5.74, 6) is -0.0718. The second-order valence-corrected chi connectivity index (χ2v) is 4.74. The van der Waals surface area contributed by atoms with E-state index in [4.69, 9.17) is 14.6 Å². The van der Waals surface area contributed by atoms with Crippen molar-refractivity contribution < 1.29 is 19.4 Å². The summed E-state index contributed by atoms with van der Waals surface area (Å²) < 4.78 is 10.7. The van der Waals surface area contributed by atoms with Crippen LogP contribution >= 0.6 is 0 Å². The van der Waals surface area contributed by atoms with Gasteiger partial charge >= 0.3 is 0 Å². The van der Waals surface area contributed by atoms with E-state index in [-0.39, 0.29) is 12.5 Å². The molecule has 6 heteroatoms. The molecule has 0 aliphatic carbocycles. The number of amides is 1. The monoisotopic (exact) mass is 258 g/mol. The molecular weight excluding hydrogens is 236 g/mol. The van der Waals surface area contributed by atoms with Gasteiger partial charge in [0.1, 0.15) is 0 Å². The van der Waals surface area contributed by atoms with Gasteiger partial charge in [0.15, 0.2) is 6.10 Å². The molecule has 2 heterocycles. The summed E-state index contributed by atoms with van der Waals surface area (Å²) in [4.78, 5) is 13.9. The van der Waals surface area contributed by atoms with Gasteiger partial charge in [0.05, 0.1) is 26.4 Å². The van der Waals surface area contributed by atoms with Crippen LogP contribution in [-0.2, 0) is 14.3 Å². The van der Waals surface area contributed by atoms with Crippen LogP contribution in [0.2, 0.25) is 0 Å². The first-order valence-corrected chi connectivity index (χ1v) is 6.63. The highest BCUT2D eigenvalue weighted by molar-refractivity contribution is 5.81. The zero-order valence-electron chi connectivity index (χ0n) is 10.6. The summed E-state index contributed by atoms with van der Waals surface area (Å²) in [7, 11) is 0. The van der Waals surface area contributed by atoms with Crippen molar-refractivity contribution in [1.82, 2.24) is 10.2 Å². The molecule has 0 bridgehead atoms. The predicted octanol–water partition coefficient (Wildman–Crippen LogP) is -1.03. The van der Waals surface area contributed by atoms with Crippen molar-refractivity contribution in [2.24, 2.45) is 0 Å². The molecule has 0 aromatic rings. The van der Waals surface area contributed by atoms with E-state index in [0.717, 1.165) is 19.4 Å². The van der Waals surface area contributed by atoms with E-state index in [9.17, 15) is 4.79 Å². The summed E-state index contributed by atoms with van der Waals surface area (Å²) in [6.45, 7) is 3.31. The standard InChI is InChI=1S/C12H22N2O4/c15-5-4-14(8-10-2-1-3-13-10)12(16)11-9-17-6-7-18-11/h10-11,13,15H,1-9H2. The second kappa shape index (κ2) is 7.04. The molecule has 2 N–H and O–H groups in total. The van der Waals surface area contributed by atoms with Crippen LogP contribution in [0.25, 0.3) is 0 Å². The SMILES string of the molecule is O=C(C1COCCO1)N(CCO)CC1CCCN1. The van der Waals surface area contributed by atoms with Gasteiger partial charge in [-0.2, -0.15) is 0 Å². The van der Waals surface area contributed by atoms with E-state index in [1.807, 2.05) is 0 Å². The fourth-order valence-corrected chi connectivity index (χ4v) is 2.42. The fourth-order valence-electron chi connectivity index (χ4n) is 2.42. The van der Waals surface area contributed by atoms with Crippen LogP contribution in [0.5, 0.6) is 0 Å². The average molecular weight is 258 g/mol. The molecule has 2 rings (SSSR count). The van der Waals surface area contributed by atoms with Crippen molar-refractivity contribution in [3.8, 4) is 0 Å². The molecule has 2 fully saturated rings. The number of nitrogens with one attached hydrogen (secondary N) is 1. The zero-order chi connectivity index (χ0) is 12.8. The Balaban J connectivity index is 1.87. The third-order valence-corrected chi connectivity index (χ3v) is 3.38. The van der Waals surface area contributed by atoms with Crippen LogP contribution in [0.1, 0.15) is 12.8 Å². The Hall–Kier alpha value is -0.690. The highest BCUT2D eigenvalue weighted by Crippen LogP contribution is 2.10. The summed E-state index contributed by atoms with van der Waals surface area (Å²) in [5, 5.41) is 12.4. The summed E-state index contributed by atoms with van der Waals surface area (Å²) in [5.41, 5.74) is 0. The molecule has 1 amide bonds. The molecule has 0 saturated carbocycles. The molecule has 104 valence electrons. The van der Waals surface area contributed by atoms with Crippen molar-refractivity contribution in [3.05, 3.63) is 0 Å². The number of carbonyl (C=O) groups is 1. The Morgan fingerprint density at radius 1 is 1.44 bits per heavy atom. The molecular formula is C12H22N2O4. The van der Waals surface area contributed by atoms with E-state index in [1.165, 1.54) is 0 Å². The first-order chi connectivity index (χ1) is 8.81. The van der Waals surface area contributed by atoms with Crippen LogP contribution in [0, 0.1) is 0 Å². The number of aliphatic hydroxyl groups excluding tert-OH is 1. The minimum atomic E-state index is -0.508. The summed E-state index contributed by atoms with van der Waals surface area (Å²) in [6.07, 6.45) is 1.72. The zero-order valence-corrected chi connectivity index (χ0v) is 10.6. The Labute approximate surface area is 107 Å². The van der Waals surface area contributed by atoms with Gasteiger partial charge in [-0.15, -0.1) is 0 Å². The average Bonchev–Trinajstić information content (AvgIpc) is 2.91. The summed E-state index contributed by atoms with van der Waals surface area (Å²) >= 11 is 0. The summed E-state index contributed by atoms with van der Waals surface area (Å²) in [6, 6.07) is 0.338. The van der Waals surface area contributed by atoms with E-state index >= 15 is 0 Å². The Morgan fingerprint density at radius 2 is 2.33 bits per heavy atom. The highest BCUT2D eigenvalue weighted by atomic mass is 16.6. The Kier molecular flexibility index (Phi) is 5.37. The first-order valence-electron chi connectivity index (χ1n) is 6.63. The van der Waals surface area contributed by atoms with Crippen molar-refractivity contribution in [3.63, 3.8) is 0 Å². The van der Waals surface area contributed by atoms with Gasteiger partial charge in [0.25, 0.3) is 5.91 Å². The van der Waals surface area contributed by atoms with Crippen LogP contribution in [0.4, 0.5) is 0 Å². The van der Waals surface area contributed by atoms with E-state index in [2.05, 4.69) is 5.32 Å². The van der Waals surface area contributed by atoms with E-state index in [1.54, 1.807) is 4.90 Å². The number of ether oxygens (including phenoxy) is 2. The fraction of sp³-hybridized carbons (Fsp3) is 0.917. The molecule has 2 aliphatic rings. The molecule has 2 atom stereocenters. The smallest absolute Gasteiger partial charge is 0.254 e. The van der Waals surface area contributed by atoms with Gasteiger partial charge in [-0.1, -0.05) is 0 Å². The first kappa shape index (κ1) is 13.7. The molecule has 2 saturated heterocycles.